The summed E-state index contributed by atoms with van der Waals surface area (Å²) in [6.07, 6.45) is 4.03. The fourth-order valence-electron chi connectivity index (χ4n) is 2.24. The molecule has 0 saturated heterocycles. The van der Waals surface area contributed by atoms with Crippen LogP contribution in [0.4, 0.5) is 10.9 Å². The first-order chi connectivity index (χ1) is 12.2. The molecule has 25 heavy (non-hydrogen) atoms. The van der Waals surface area contributed by atoms with Gasteiger partial charge in [-0.25, -0.2) is 4.98 Å². The van der Waals surface area contributed by atoms with Crippen molar-refractivity contribution in [2.24, 2.45) is 7.05 Å². The third-order valence-corrected chi connectivity index (χ3v) is 4.56. The van der Waals surface area contributed by atoms with E-state index in [1.54, 1.807) is 24.2 Å². The standard InChI is InChI=1S/C17H19N5O2S/c1-22-15(8-10-20-22)21-17-19-11-14(25-17)16(23)18-9-7-12-3-5-13(24-2)6-4-12/h3-6,8,10-11H,7,9H2,1-2H3,(H,18,23)(H,19,21). The van der Waals surface area contributed by atoms with E-state index in [0.717, 1.165) is 23.6 Å². The Morgan fingerprint density at radius 3 is 2.76 bits per heavy atom. The number of ether oxygens (including phenoxy) is 1. The van der Waals surface area contributed by atoms with E-state index in [0.29, 0.717) is 16.6 Å². The highest BCUT2D eigenvalue weighted by molar-refractivity contribution is 7.17. The molecule has 0 saturated carbocycles. The molecular weight excluding hydrogens is 338 g/mol. The average molecular weight is 357 g/mol. The Kier molecular flexibility index (Phi) is 5.30. The number of thiazole rings is 1. The Balaban J connectivity index is 1.50. The lowest BCUT2D eigenvalue weighted by atomic mass is 10.1. The Labute approximate surface area is 149 Å². The maximum atomic E-state index is 12.2. The Hall–Kier alpha value is -2.87. The van der Waals surface area contributed by atoms with Crippen molar-refractivity contribution in [3.63, 3.8) is 0 Å². The van der Waals surface area contributed by atoms with Gasteiger partial charge < -0.3 is 15.4 Å². The summed E-state index contributed by atoms with van der Waals surface area (Å²) in [7, 11) is 3.48. The van der Waals surface area contributed by atoms with Crippen LogP contribution in [0.1, 0.15) is 15.2 Å². The zero-order valence-corrected chi connectivity index (χ0v) is 14.8. The number of hydrogen-bond acceptors (Lipinski definition) is 6. The maximum Gasteiger partial charge on any atom is 0.263 e. The summed E-state index contributed by atoms with van der Waals surface area (Å²) in [5.74, 6) is 1.52. The number of benzene rings is 1. The van der Waals surface area contributed by atoms with Gasteiger partial charge >= 0.3 is 0 Å². The van der Waals surface area contributed by atoms with Gasteiger partial charge in [-0.1, -0.05) is 23.5 Å². The second-order valence-electron chi connectivity index (χ2n) is 5.35. The van der Waals surface area contributed by atoms with Crippen LogP contribution in [-0.2, 0) is 13.5 Å². The molecule has 0 fully saturated rings. The number of nitrogens with one attached hydrogen (secondary N) is 2. The van der Waals surface area contributed by atoms with Gasteiger partial charge in [0.25, 0.3) is 5.91 Å². The van der Waals surface area contributed by atoms with Gasteiger partial charge in [0.05, 0.1) is 19.5 Å². The van der Waals surface area contributed by atoms with Gasteiger partial charge in [0.1, 0.15) is 16.4 Å². The minimum Gasteiger partial charge on any atom is -0.497 e. The van der Waals surface area contributed by atoms with Crippen molar-refractivity contribution in [3.8, 4) is 5.75 Å². The largest absolute Gasteiger partial charge is 0.497 e. The van der Waals surface area contributed by atoms with E-state index in [1.807, 2.05) is 37.4 Å². The van der Waals surface area contributed by atoms with Crippen molar-refractivity contribution >= 4 is 28.2 Å². The molecule has 3 rings (SSSR count). The quantitative estimate of drug-likeness (QED) is 0.679. The van der Waals surface area contributed by atoms with Crippen LogP contribution < -0.4 is 15.4 Å². The predicted molar refractivity (Wildman–Crippen MR) is 97.6 cm³/mol. The maximum absolute atomic E-state index is 12.2. The minimum absolute atomic E-state index is 0.121. The zero-order chi connectivity index (χ0) is 17.6. The lowest BCUT2D eigenvalue weighted by Crippen LogP contribution is -2.24. The topological polar surface area (TPSA) is 81.1 Å². The Morgan fingerprint density at radius 1 is 1.28 bits per heavy atom. The number of hydrogen-bond donors (Lipinski definition) is 2. The number of methoxy groups -OCH3 is 1. The van der Waals surface area contributed by atoms with Crippen molar-refractivity contribution in [3.05, 3.63) is 53.2 Å². The summed E-state index contributed by atoms with van der Waals surface area (Å²) >= 11 is 1.31. The number of carbonyl (C=O) groups is 1. The molecule has 0 unspecified atom stereocenters. The van der Waals surface area contributed by atoms with Crippen molar-refractivity contribution in [1.29, 1.82) is 0 Å². The number of rotatable bonds is 7. The number of aromatic nitrogens is 3. The summed E-state index contributed by atoms with van der Waals surface area (Å²) in [4.78, 5) is 17.0. The first-order valence-corrected chi connectivity index (χ1v) is 8.59. The molecule has 0 aliphatic carbocycles. The number of anilines is 2. The summed E-state index contributed by atoms with van der Waals surface area (Å²) in [5.41, 5.74) is 1.14. The average Bonchev–Trinajstić information content (AvgIpc) is 3.25. The molecule has 0 radical (unpaired) electrons. The molecule has 2 heterocycles. The molecular formula is C17H19N5O2S. The first kappa shape index (κ1) is 17.0. The Bertz CT molecular complexity index is 841. The summed E-state index contributed by atoms with van der Waals surface area (Å²) in [6.45, 7) is 0.563. The summed E-state index contributed by atoms with van der Waals surface area (Å²) in [5, 5.41) is 10.8. The lowest BCUT2D eigenvalue weighted by molar-refractivity contribution is 0.0958. The number of nitrogens with zero attached hydrogens (tertiary/aromatic N) is 3. The molecule has 0 bridgehead atoms. The van der Waals surface area contributed by atoms with E-state index in [1.165, 1.54) is 11.3 Å². The van der Waals surface area contributed by atoms with E-state index < -0.39 is 0 Å². The lowest BCUT2D eigenvalue weighted by Gasteiger charge is -2.05. The van der Waals surface area contributed by atoms with Gasteiger partial charge in [0.2, 0.25) is 0 Å². The normalized spacial score (nSPS) is 10.5. The van der Waals surface area contributed by atoms with Crippen LogP contribution in [-0.4, -0.2) is 34.3 Å². The fraction of sp³-hybridized carbons (Fsp3) is 0.235. The van der Waals surface area contributed by atoms with Crippen LogP contribution in [0.15, 0.2) is 42.7 Å². The van der Waals surface area contributed by atoms with Gasteiger partial charge in [-0.3, -0.25) is 9.48 Å². The van der Waals surface area contributed by atoms with Gasteiger partial charge in [0.15, 0.2) is 5.13 Å². The first-order valence-electron chi connectivity index (χ1n) is 7.77. The molecule has 8 heteroatoms. The number of carbonyl (C=O) groups excluding carboxylic acids is 1. The number of aryl methyl sites for hydroxylation is 1. The highest BCUT2D eigenvalue weighted by Crippen LogP contribution is 2.22. The fourth-order valence-corrected chi connectivity index (χ4v) is 2.98. The molecule has 2 N–H and O–H groups in total. The van der Waals surface area contributed by atoms with Crippen LogP contribution in [0.5, 0.6) is 5.75 Å². The molecule has 0 atom stereocenters. The highest BCUT2D eigenvalue weighted by Gasteiger charge is 2.11. The third-order valence-electron chi connectivity index (χ3n) is 3.64. The molecule has 3 aromatic rings. The second kappa shape index (κ2) is 7.80. The van der Waals surface area contributed by atoms with E-state index in [2.05, 4.69) is 20.7 Å². The SMILES string of the molecule is COc1ccc(CCNC(=O)c2cnc(Nc3ccnn3C)s2)cc1. The van der Waals surface area contributed by atoms with Gasteiger partial charge in [-0.05, 0) is 24.1 Å². The molecule has 7 nitrogen and oxygen atoms in total. The molecule has 0 aliphatic heterocycles. The van der Waals surface area contributed by atoms with Crippen LogP contribution in [0.3, 0.4) is 0 Å². The minimum atomic E-state index is -0.121. The second-order valence-corrected chi connectivity index (χ2v) is 6.38. The van der Waals surface area contributed by atoms with E-state index in [-0.39, 0.29) is 5.91 Å². The molecule has 2 aromatic heterocycles. The smallest absolute Gasteiger partial charge is 0.263 e. The molecule has 1 aromatic carbocycles. The van der Waals surface area contributed by atoms with E-state index in [9.17, 15) is 4.79 Å². The van der Waals surface area contributed by atoms with Crippen molar-refractivity contribution in [1.82, 2.24) is 20.1 Å². The number of amides is 1. The van der Waals surface area contributed by atoms with E-state index >= 15 is 0 Å². The van der Waals surface area contributed by atoms with Gasteiger partial charge in [-0.15, -0.1) is 0 Å². The van der Waals surface area contributed by atoms with Crippen molar-refractivity contribution in [2.75, 3.05) is 19.0 Å². The molecule has 1 amide bonds. The van der Waals surface area contributed by atoms with Crippen LogP contribution in [0.25, 0.3) is 0 Å². The predicted octanol–water partition coefficient (Wildman–Crippen LogP) is 2.60. The Morgan fingerprint density at radius 2 is 2.08 bits per heavy atom. The third kappa shape index (κ3) is 4.36. The highest BCUT2D eigenvalue weighted by atomic mass is 32.1. The zero-order valence-electron chi connectivity index (χ0n) is 14.0. The molecule has 130 valence electrons. The summed E-state index contributed by atoms with van der Waals surface area (Å²) in [6, 6.07) is 9.66. The van der Waals surface area contributed by atoms with Crippen LogP contribution >= 0.6 is 11.3 Å². The molecule has 0 aliphatic rings. The van der Waals surface area contributed by atoms with E-state index in [4.69, 9.17) is 4.74 Å². The van der Waals surface area contributed by atoms with Gasteiger partial charge in [-0.2, -0.15) is 5.10 Å². The molecule has 0 spiro atoms. The van der Waals surface area contributed by atoms with Crippen molar-refractivity contribution < 1.29 is 9.53 Å². The summed E-state index contributed by atoms with van der Waals surface area (Å²) < 4.78 is 6.83. The van der Waals surface area contributed by atoms with Crippen LogP contribution in [0, 0.1) is 0 Å². The van der Waals surface area contributed by atoms with Crippen molar-refractivity contribution in [2.45, 2.75) is 6.42 Å². The van der Waals surface area contributed by atoms with Gasteiger partial charge in [0, 0.05) is 19.7 Å². The van der Waals surface area contributed by atoms with Crippen LogP contribution in [0.2, 0.25) is 0 Å². The monoisotopic (exact) mass is 357 g/mol.